The first-order valence-corrected chi connectivity index (χ1v) is 6.13. The first-order chi connectivity index (χ1) is 7.51. The molecule has 1 saturated carbocycles. The minimum atomic E-state index is -0.284. The smallest absolute Gasteiger partial charge is 0.0541 e. The van der Waals surface area contributed by atoms with Gasteiger partial charge in [-0.3, -0.25) is 0 Å². The Kier molecular flexibility index (Phi) is 3.24. The summed E-state index contributed by atoms with van der Waals surface area (Å²) in [4.78, 5) is 0. The fraction of sp³-hybridized carbons (Fsp3) is 0.538. The molecule has 16 heavy (non-hydrogen) atoms. The van der Waals surface area contributed by atoms with Gasteiger partial charge in [0.05, 0.1) is 6.10 Å². The van der Waals surface area contributed by atoms with Crippen LogP contribution in [-0.4, -0.2) is 11.2 Å². The maximum atomic E-state index is 9.53. The number of hydrogen-bond donors (Lipinski definition) is 2. The number of aryl methyl sites for hydroxylation is 1. The van der Waals surface area contributed by atoms with Gasteiger partial charge < -0.3 is 10.8 Å². The summed E-state index contributed by atoms with van der Waals surface area (Å²) >= 11 is 5.94. The fourth-order valence-electron chi connectivity index (χ4n) is 2.57. The molecule has 0 amide bonds. The van der Waals surface area contributed by atoms with Gasteiger partial charge in [0.2, 0.25) is 0 Å². The van der Waals surface area contributed by atoms with Crippen molar-refractivity contribution in [1.29, 1.82) is 0 Å². The van der Waals surface area contributed by atoms with Gasteiger partial charge in [-0.05, 0) is 55.9 Å². The van der Waals surface area contributed by atoms with Crippen LogP contribution in [0.3, 0.4) is 0 Å². The van der Waals surface area contributed by atoms with E-state index in [1.165, 1.54) is 5.56 Å². The average Bonchev–Trinajstić information content (AvgIpc) is 2.22. The van der Waals surface area contributed by atoms with Crippen LogP contribution in [0.25, 0.3) is 0 Å². The molecule has 1 fully saturated rings. The number of aliphatic hydroxyl groups is 1. The van der Waals surface area contributed by atoms with Crippen molar-refractivity contribution in [1.82, 2.24) is 0 Å². The molecule has 0 aromatic heterocycles. The highest BCUT2D eigenvalue weighted by atomic mass is 35.5. The summed E-state index contributed by atoms with van der Waals surface area (Å²) in [6.07, 6.45) is 3.09. The zero-order valence-electron chi connectivity index (χ0n) is 9.54. The van der Waals surface area contributed by atoms with E-state index in [2.05, 4.69) is 0 Å². The summed E-state index contributed by atoms with van der Waals surface area (Å²) in [5.74, 6) is 0. The van der Waals surface area contributed by atoms with Crippen LogP contribution in [0.4, 0.5) is 0 Å². The SMILES string of the molecule is Cc1cc(Cl)ccc1C1(N)CCC(O)CC1. The summed E-state index contributed by atoms with van der Waals surface area (Å²) in [5, 5.41) is 10.3. The van der Waals surface area contributed by atoms with Gasteiger partial charge in [-0.15, -0.1) is 0 Å². The number of rotatable bonds is 1. The average molecular weight is 240 g/mol. The van der Waals surface area contributed by atoms with Crippen molar-refractivity contribution in [3.8, 4) is 0 Å². The van der Waals surface area contributed by atoms with E-state index in [1.807, 2.05) is 25.1 Å². The van der Waals surface area contributed by atoms with Crippen LogP contribution in [0.2, 0.25) is 5.02 Å². The molecule has 0 bridgehead atoms. The van der Waals surface area contributed by atoms with Gasteiger partial charge in [0.25, 0.3) is 0 Å². The highest BCUT2D eigenvalue weighted by Gasteiger charge is 2.33. The number of benzene rings is 1. The Morgan fingerprint density at radius 1 is 1.38 bits per heavy atom. The van der Waals surface area contributed by atoms with Gasteiger partial charge in [-0.2, -0.15) is 0 Å². The molecule has 0 radical (unpaired) electrons. The van der Waals surface area contributed by atoms with E-state index in [1.54, 1.807) is 0 Å². The molecule has 0 spiro atoms. The molecule has 0 atom stereocenters. The monoisotopic (exact) mass is 239 g/mol. The first-order valence-electron chi connectivity index (χ1n) is 5.75. The second-order valence-electron chi connectivity index (χ2n) is 4.85. The molecule has 1 aromatic rings. The summed E-state index contributed by atoms with van der Waals surface area (Å²) in [6.45, 7) is 2.04. The third-order valence-corrected chi connectivity index (χ3v) is 3.81. The minimum Gasteiger partial charge on any atom is -0.393 e. The minimum absolute atomic E-state index is 0.177. The molecule has 2 rings (SSSR count). The van der Waals surface area contributed by atoms with Gasteiger partial charge in [0, 0.05) is 10.6 Å². The number of aliphatic hydroxyl groups excluding tert-OH is 1. The molecule has 0 heterocycles. The molecular formula is C13H18ClNO. The molecule has 1 aliphatic rings. The topological polar surface area (TPSA) is 46.2 Å². The Labute approximate surface area is 101 Å². The predicted octanol–water partition coefficient (Wildman–Crippen LogP) is 2.74. The van der Waals surface area contributed by atoms with Crippen molar-refractivity contribution in [2.45, 2.75) is 44.2 Å². The Hall–Kier alpha value is -0.570. The van der Waals surface area contributed by atoms with Crippen LogP contribution in [0.5, 0.6) is 0 Å². The highest BCUT2D eigenvalue weighted by Crippen LogP contribution is 2.37. The molecule has 1 aromatic carbocycles. The molecule has 1 aliphatic carbocycles. The second kappa shape index (κ2) is 4.36. The molecule has 88 valence electrons. The van der Waals surface area contributed by atoms with Crippen molar-refractivity contribution in [2.75, 3.05) is 0 Å². The third kappa shape index (κ3) is 2.24. The summed E-state index contributed by atoms with van der Waals surface area (Å²) < 4.78 is 0. The summed E-state index contributed by atoms with van der Waals surface area (Å²) in [7, 11) is 0. The lowest BCUT2D eigenvalue weighted by molar-refractivity contribution is 0.0967. The van der Waals surface area contributed by atoms with E-state index >= 15 is 0 Å². The second-order valence-corrected chi connectivity index (χ2v) is 5.28. The molecule has 0 saturated heterocycles. The molecule has 3 N–H and O–H groups in total. The first kappa shape index (κ1) is 11.9. The fourth-order valence-corrected chi connectivity index (χ4v) is 2.80. The Balaban J connectivity index is 2.29. The molecule has 0 unspecified atom stereocenters. The number of hydrogen-bond acceptors (Lipinski definition) is 2. The lowest BCUT2D eigenvalue weighted by Gasteiger charge is -2.37. The number of halogens is 1. The highest BCUT2D eigenvalue weighted by molar-refractivity contribution is 6.30. The zero-order chi connectivity index (χ0) is 11.8. The third-order valence-electron chi connectivity index (χ3n) is 3.57. The van der Waals surface area contributed by atoms with Gasteiger partial charge in [0.15, 0.2) is 0 Å². The van der Waals surface area contributed by atoms with Gasteiger partial charge in [-0.25, -0.2) is 0 Å². The molecular weight excluding hydrogens is 222 g/mol. The normalized spacial score (nSPS) is 30.4. The number of nitrogens with two attached hydrogens (primary N) is 1. The molecule has 0 aliphatic heterocycles. The van der Waals surface area contributed by atoms with Crippen LogP contribution in [0.1, 0.15) is 36.8 Å². The van der Waals surface area contributed by atoms with Crippen molar-refractivity contribution in [2.24, 2.45) is 5.73 Å². The quantitative estimate of drug-likeness (QED) is 0.792. The Bertz CT molecular complexity index is 384. The van der Waals surface area contributed by atoms with Crippen molar-refractivity contribution >= 4 is 11.6 Å². The van der Waals surface area contributed by atoms with Crippen molar-refractivity contribution in [3.63, 3.8) is 0 Å². The van der Waals surface area contributed by atoms with Crippen LogP contribution >= 0.6 is 11.6 Å². The van der Waals surface area contributed by atoms with Crippen LogP contribution < -0.4 is 5.73 Å². The standard InChI is InChI=1S/C13H18ClNO/c1-9-8-10(14)2-3-12(9)13(15)6-4-11(16)5-7-13/h2-3,8,11,16H,4-7,15H2,1H3. The summed E-state index contributed by atoms with van der Waals surface area (Å²) in [6, 6.07) is 5.87. The molecule has 3 heteroatoms. The van der Waals surface area contributed by atoms with Gasteiger partial charge >= 0.3 is 0 Å². The van der Waals surface area contributed by atoms with Crippen LogP contribution in [0, 0.1) is 6.92 Å². The van der Waals surface area contributed by atoms with E-state index in [9.17, 15) is 5.11 Å². The predicted molar refractivity (Wildman–Crippen MR) is 66.5 cm³/mol. The molecule has 2 nitrogen and oxygen atoms in total. The maximum Gasteiger partial charge on any atom is 0.0541 e. The maximum absolute atomic E-state index is 9.53. The zero-order valence-corrected chi connectivity index (χ0v) is 10.3. The largest absolute Gasteiger partial charge is 0.393 e. The Morgan fingerprint density at radius 2 is 2.00 bits per heavy atom. The van der Waals surface area contributed by atoms with Crippen molar-refractivity contribution in [3.05, 3.63) is 34.3 Å². The lowest BCUT2D eigenvalue weighted by Crippen LogP contribution is -2.42. The van der Waals surface area contributed by atoms with Gasteiger partial charge in [-0.1, -0.05) is 17.7 Å². The van der Waals surface area contributed by atoms with E-state index in [-0.39, 0.29) is 11.6 Å². The van der Waals surface area contributed by atoms with Crippen LogP contribution in [0.15, 0.2) is 18.2 Å². The van der Waals surface area contributed by atoms with Crippen molar-refractivity contribution < 1.29 is 5.11 Å². The van der Waals surface area contributed by atoms with E-state index in [0.29, 0.717) is 0 Å². The summed E-state index contributed by atoms with van der Waals surface area (Å²) in [5.41, 5.74) is 8.47. The van der Waals surface area contributed by atoms with E-state index in [0.717, 1.165) is 36.3 Å². The Morgan fingerprint density at radius 3 is 2.56 bits per heavy atom. The van der Waals surface area contributed by atoms with Crippen LogP contribution in [-0.2, 0) is 5.54 Å². The van der Waals surface area contributed by atoms with E-state index in [4.69, 9.17) is 17.3 Å². The van der Waals surface area contributed by atoms with Gasteiger partial charge in [0.1, 0.15) is 0 Å². The van der Waals surface area contributed by atoms with E-state index < -0.39 is 0 Å². The lowest BCUT2D eigenvalue weighted by atomic mass is 9.75.